The average Bonchev–Trinajstić information content (AvgIpc) is 3.05. The van der Waals surface area contributed by atoms with E-state index in [-0.39, 0.29) is 6.54 Å². The number of hydrogen-bond acceptors (Lipinski definition) is 18. The molecular formula is C27H45N3O15. The SMILES string of the molecule is COc1ccc(CN[C@H]2[C@H](OC3[C@@H](CO)O[C@@H](O)[C@H](N)[C@H]3O)O[C@H](CO)C(O[C@@H]3O[C@H](CO)[C@@H](O)[C@H](O)[C@H]3N)[C@@H]2O)cc1OC. The fourth-order valence-electron chi connectivity index (χ4n) is 5.60. The highest BCUT2D eigenvalue weighted by Gasteiger charge is 2.53. The Morgan fingerprint density at radius 1 is 0.689 bits per heavy atom. The number of ether oxygens (including phenoxy) is 7. The molecule has 4 rings (SSSR count). The first-order valence-electron chi connectivity index (χ1n) is 14.4. The Hall–Kier alpha value is -1.82. The minimum Gasteiger partial charge on any atom is -0.493 e. The third-order valence-electron chi connectivity index (χ3n) is 8.27. The van der Waals surface area contributed by atoms with Crippen molar-refractivity contribution in [2.24, 2.45) is 11.5 Å². The van der Waals surface area contributed by atoms with Gasteiger partial charge in [-0.1, -0.05) is 6.07 Å². The highest BCUT2D eigenvalue weighted by atomic mass is 16.7. The normalized spacial score (nSPS) is 42.4. The van der Waals surface area contributed by atoms with Crippen LogP contribution in [-0.4, -0.2) is 167 Å². The van der Waals surface area contributed by atoms with Gasteiger partial charge in [-0.05, 0) is 17.7 Å². The van der Waals surface area contributed by atoms with Crippen molar-refractivity contribution in [1.82, 2.24) is 5.32 Å². The van der Waals surface area contributed by atoms with Crippen LogP contribution in [0.1, 0.15) is 5.56 Å². The lowest BCUT2D eigenvalue weighted by molar-refractivity contribution is -0.350. The predicted molar refractivity (Wildman–Crippen MR) is 149 cm³/mol. The second kappa shape index (κ2) is 15.8. The van der Waals surface area contributed by atoms with Gasteiger partial charge in [0.05, 0.1) is 52.2 Å². The van der Waals surface area contributed by atoms with Gasteiger partial charge in [-0.2, -0.15) is 0 Å². The summed E-state index contributed by atoms with van der Waals surface area (Å²) in [7, 11) is 2.96. The first-order valence-corrected chi connectivity index (χ1v) is 14.4. The van der Waals surface area contributed by atoms with Crippen molar-refractivity contribution in [2.45, 2.75) is 98.5 Å². The van der Waals surface area contributed by atoms with Gasteiger partial charge in [0.1, 0.15) is 54.9 Å². The first kappa shape index (κ1) is 36.0. The van der Waals surface area contributed by atoms with Crippen LogP contribution in [0.2, 0.25) is 0 Å². The van der Waals surface area contributed by atoms with Gasteiger partial charge >= 0.3 is 0 Å². The molecule has 3 fully saturated rings. The van der Waals surface area contributed by atoms with Gasteiger partial charge in [0.2, 0.25) is 0 Å². The smallest absolute Gasteiger partial charge is 0.176 e. The summed E-state index contributed by atoms with van der Waals surface area (Å²) in [6, 6.07) is 1.32. The Labute approximate surface area is 258 Å². The molecule has 3 aliphatic heterocycles. The summed E-state index contributed by atoms with van der Waals surface area (Å²) in [6.07, 6.45) is -17.1. The summed E-state index contributed by atoms with van der Waals surface area (Å²) in [5.41, 5.74) is 12.6. The van der Waals surface area contributed by atoms with Gasteiger partial charge in [-0.3, -0.25) is 0 Å². The molecule has 0 amide bonds. The van der Waals surface area contributed by atoms with Gasteiger partial charge in [0, 0.05) is 6.54 Å². The molecule has 2 unspecified atom stereocenters. The molecule has 15 atom stereocenters. The maximum Gasteiger partial charge on any atom is 0.176 e. The Morgan fingerprint density at radius 2 is 1.27 bits per heavy atom. The lowest BCUT2D eigenvalue weighted by Gasteiger charge is -2.49. The van der Waals surface area contributed by atoms with Crippen molar-refractivity contribution in [2.75, 3.05) is 34.0 Å². The minimum atomic E-state index is -1.59. The maximum atomic E-state index is 11.7. The summed E-state index contributed by atoms with van der Waals surface area (Å²) < 4.78 is 39.5. The van der Waals surface area contributed by atoms with E-state index in [2.05, 4.69) is 5.32 Å². The molecule has 3 saturated heterocycles. The Morgan fingerprint density at radius 3 is 1.89 bits per heavy atom. The van der Waals surface area contributed by atoms with E-state index in [1.807, 2.05) is 0 Å². The van der Waals surface area contributed by atoms with Crippen molar-refractivity contribution in [3.05, 3.63) is 23.8 Å². The molecule has 18 heteroatoms. The molecule has 13 N–H and O–H groups in total. The van der Waals surface area contributed by atoms with Crippen LogP contribution in [0, 0.1) is 0 Å². The lowest BCUT2D eigenvalue weighted by atomic mass is 9.94. The van der Waals surface area contributed by atoms with Gasteiger partial charge < -0.3 is 90.8 Å². The molecule has 1 aromatic carbocycles. The van der Waals surface area contributed by atoms with E-state index in [0.717, 1.165) is 0 Å². The number of hydrogen-bond donors (Lipinski definition) is 11. The van der Waals surface area contributed by atoms with Crippen LogP contribution in [-0.2, 0) is 30.2 Å². The third-order valence-corrected chi connectivity index (χ3v) is 8.27. The number of aliphatic hydroxyl groups is 8. The van der Waals surface area contributed by atoms with Crippen LogP contribution >= 0.6 is 0 Å². The van der Waals surface area contributed by atoms with Crippen molar-refractivity contribution in [3.63, 3.8) is 0 Å². The second-order valence-electron chi connectivity index (χ2n) is 11.1. The highest BCUT2D eigenvalue weighted by Crippen LogP contribution is 2.33. The van der Waals surface area contributed by atoms with Crippen LogP contribution in [0.3, 0.4) is 0 Å². The highest BCUT2D eigenvalue weighted by molar-refractivity contribution is 5.42. The van der Waals surface area contributed by atoms with Crippen LogP contribution < -0.4 is 26.3 Å². The molecule has 0 radical (unpaired) electrons. The molecule has 0 aromatic heterocycles. The largest absolute Gasteiger partial charge is 0.493 e. The van der Waals surface area contributed by atoms with E-state index < -0.39 is 112 Å². The van der Waals surface area contributed by atoms with Crippen molar-refractivity contribution >= 4 is 0 Å². The van der Waals surface area contributed by atoms with Crippen molar-refractivity contribution < 1.29 is 74.0 Å². The van der Waals surface area contributed by atoms with Crippen LogP contribution in [0.15, 0.2) is 18.2 Å². The van der Waals surface area contributed by atoms with E-state index in [0.29, 0.717) is 17.1 Å². The topological polar surface area (TPSA) is 291 Å². The summed E-state index contributed by atoms with van der Waals surface area (Å²) in [4.78, 5) is 0. The zero-order valence-corrected chi connectivity index (χ0v) is 24.8. The Kier molecular flexibility index (Phi) is 12.7. The molecule has 0 bridgehead atoms. The van der Waals surface area contributed by atoms with Crippen LogP contribution in [0.4, 0.5) is 0 Å². The van der Waals surface area contributed by atoms with Gasteiger partial charge in [-0.15, -0.1) is 0 Å². The van der Waals surface area contributed by atoms with E-state index >= 15 is 0 Å². The van der Waals surface area contributed by atoms with E-state index in [9.17, 15) is 40.9 Å². The molecule has 18 nitrogen and oxygen atoms in total. The third kappa shape index (κ3) is 7.68. The quantitative estimate of drug-likeness (QED) is 0.100. The summed E-state index contributed by atoms with van der Waals surface area (Å²) >= 11 is 0. The Bertz CT molecular complexity index is 1070. The average molecular weight is 652 g/mol. The lowest BCUT2D eigenvalue weighted by Crippen LogP contribution is -2.69. The number of rotatable bonds is 12. The second-order valence-corrected chi connectivity index (χ2v) is 11.1. The fourth-order valence-corrected chi connectivity index (χ4v) is 5.60. The molecule has 0 aliphatic carbocycles. The van der Waals surface area contributed by atoms with E-state index in [4.69, 9.17) is 44.6 Å². The molecule has 1 aromatic rings. The maximum absolute atomic E-state index is 11.7. The van der Waals surface area contributed by atoms with Gasteiger partial charge in [0.15, 0.2) is 30.4 Å². The molecule has 0 spiro atoms. The summed E-state index contributed by atoms with van der Waals surface area (Å²) in [6.45, 7) is -1.97. The number of nitrogens with two attached hydrogens (primary N) is 2. The first-order chi connectivity index (χ1) is 21.5. The Balaban J connectivity index is 1.61. The zero-order chi connectivity index (χ0) is 33.0. The summed E-state index contributed by atoms with van der Waals surface area (Å²) in [5.74, 6) is 0.926. The molecule has 258 valence electrons. The summed E-state index contributed by atoms with van der Waals surface area (Å²) in [5, 5.41) is 85.8. The standard InChI is InChI=1S/C27H45N3O15/c1-39-11-4-3-10(5-12(11)40-2)6-30-18-22(37)24(44-26-17(29)20(35)19(34)13(7-31)42-26)15(9-33)43-27(18)45-23-14(8-32)41-25(38)16(28)21(23)36/h3-5,13-27,30-38H,6-9,28-29H2,1-2H3/t13-,14-,15-,16-,17-,18-,19-,20-,21-,22-,23?,24?,25-,26+,27+/m1/s1. The number of nitrogens with one attached hydrogen (secondary N) is 1. The molecule has 0 saturated carbocycles. The van der Waals surface area contributed by atoms with E-state index in [1.54, 1.807) is 18.2 Å². The number of methoxy groups -OCH3 is 2. The fraction of sp³-hybridized carbons (Fsp3) is 0.778. The molecule has 3 aliphatic rings. The molecular weight excluding hydrogens is 606 g/mol. The number of benzene rings is 1. The van der Waals surface area contributed by atoms with Gasteiger partial charge in [0.25, 0.3) is 0 Å². The van der Waals surface area contributed by atoms with Crippen LogP contribution in [0.5, 0.6) is 11.5 Å². The molecule has 3 heterocycles. The van der Waals surface area contributed by atoms with Crippen molar-refractivity contribution in [1.29, 1.82) is 0 Å². The monoisotopic (exact) mass is 651 g/mol. The van der Waals surface area contributed by atoms with E-state index in [1.165, 1.54) is 14.2 Å². The van der Waals surface area contributed by atoms with Gasteiger partial charge in [-0.25, -0.2) is 0 Å². The predicted octanol–water partition coefficient (Wildman–Crippen LogP) is -5.83. The van der Waals surface area contributed by atoms with Crippen molar-refractivity contribution in [3.8, 4) is 11.5 Å². The zero-order valence-electron chi connectivity index (χ0n) is 24.8. The number of aliphatic hydroxyl groups excluding tert-OH is 8. The molecule has 45 heavy (non-hydrogen) atoms. The van der Waals surface area contributed by atoms with Crippen LogP contribution in [0.25, 0.3) is 0 Å². The minimum absolute atomic E-state index is 0.0874.